The second kappa shape index (κ2) is 9.03. The van der Waals surface area contributed by atoms with Crippen molar-refractivity contribution in [1.29, 1.82) is 0 Å². The summed E-state index contributed by atoms with van der Waals surface area (Å²) in [5, 5.41) is 3.54. The van der Waals surface area contributed by atoms with Gasteiger partial charge >= 0.3 is 0 Å². The zero-order valence-corrected chi connectivity index (χ0v) is 16.2. The summed E-state index contributed by atoms with van der Waals surface area (Å²) in [6.07, 6.45) is 9.97. The van der Waals surface area contributed by atoms with Gasteiger partial charge in [0, 0.05) is 19.1 Å². The van der Waals surface area contributed by atoms with Crippen LogP contribution in [0, 0.1) is 11.3 Å². The fourth-order valence-corrected chi connectivity index (χ4v) is 4.81. The van der Waals surface area contributed by atoms with Gasteiger partial charge in [-0.15, -0.1) is 12.4 Å². The van der Waals surface area contributed by atoms with Gasteiger partial charge in [-0.2, -0.15) is 0 Å². The molecule has 0 aromatic heterocycles. The lowest BCUT2D eigenvalue weighted by Crippen LogP contribution is -2.43. The molecule has 4 heteroatoms. The first-order valence-corrected chi connectivity index (χ1v) is 9.82. The molecule has 1 N–H and O–H groups in total. The molecule has 0 aliphatic carbocycles. The van der Waals surface area contributed by atoms with E-state index in [0.717, 1.165) is 12.0 Å². The second-order valence-corrected chi connectivity index (χ2v) is 8.63. The van der Waals surface area contributed by atoms with Crippen LogP contribution in [0.3, 0.4) is 0 Å². The van der Waals surface area contributed by atoms with Crippen LogP contribution in [0.4, 0.5) is 0 Å². The summed E-state index contributed by atoms with van der Waals surface area (Å²) < 4.78 is 0. The van der Waals surface area contributed by atoms with Crippen LogP contribution in [0.2, 0.25) is 0 Å². The topological polar surface area (TPSA) is 18.5 Å². The summed E-state index contributed by atoms with van der Waals surface area (Å²) in [5.74, 6) is 0.986. The van der Waals surface area contributed by atoms with Gasteiger partial charge in [-0.3, -0.25) is 0 Å². The molecule has 3 aliphatic heterocycles. The Kier molecular flexibility index (Phi) is 7.65. The zero-order chi connectivity index (χ0) is 15.4. The van der Waals surface area contributed by atoms with E-state index in [4.69, 9.17) is 0 Å². The van der Waals surface area contributed by atoms with Crippen molar-refractivity contribution in [3.8, 4) is 0 Å². The Labute approximate surface area is 150 Å². The number of piperidine rings is 2. The number of hydrogen-bond acceptors (Lipinski definition) is 3. The molecule has 3 aliphatic rings. The van der Waals surface area contributed by atoms with Gasteiger partial charge in [-0.1, -0.05) is 13.3 Å². The lowest BCUT2D eigenvalue weighted by molar-refractivity contribution is 0.108. The summed E-state index contributed by atoms with van der Waals surface area (Å²) in [6.45, 7) is 14.1. The highest BCUT2D eigenvalue weighted by atomic mass is 35.5. The summed E-state index contributed by atoms with van der Waals surface area (Å²) in [7, 11) is 0. The van der Waals surface area contributed by atoms with E-state index < -0.39 is 0 Å². The standard InChI is InChI=1S/C19H37N3.ClH/c1-17-5-3-4-11-22(17)14-8-18-6-12-21(13-7-18)16-19(2)9-10-20-15-19;/h17-18,20H,3-16H2,1-2H3;1H. The van der Waals surface area contributed by atoms with Gasteiger partial charge in [0.2, 0.25) is 0 Å². The van der Waals surface area contributed by atoms with E-state index >= 15 is 0 Å². The highest BCUT2D eigenvalue weighted by Gasteiger charge is 2.32. The van der Waals surface area contributed by atoms with Gasteiger partial charge in [0.05, 0.1) is 0 Å². The zero-order valence-electron chi connectivity index (χ0n) is 15.4. The second-order valence-electron chi connectivity index (χ2n) is 8.63. The maximum atomic E-state index is 3.54. The van der Waals surface area contributed by atoms with Gasteiger partial charge in [0.25, 0.3) is 0 Å². The monoisotopic (exact) mass is 343 g/mol. The van der Waals surface area contributed by atoms with Gasteiger partial charge in [0.1, 0.15) is 0 Å². The molecule has 0 aromatic rings. The highest BCUT2D eigenvalue weighted by Crippen LogP contribution is 2.29. The molecule has 136 valence electrons. The fraction of sp³-hybridized carbons (Fsp3) is 1.00. The highest BCUT2D eigenvalue weighted by molar-refractivity contribution is 5.85. The summed E-state index contributed by atoms with van der Waals surface area (Å²) in [4.78, 5) is 5.49. The van der Waals surface area contributed by atoms with E-state index in [-0.39, 0.29) is 12.4 Å². The summed E-state index contributed by atoms with van der Waals surface area (Å²) in [6, 6.07) is 0.837. The number of hydrogen-bond donors (Lipinski definition) is 1. The number of likely N-dealkylation sites (tertiary alicyclic amines) is 2. The third-order valence-electron chi connectivity index (χ3n) is 6.53. The van der Waals surface area contributed by atoms with E-state index in [1.807, 2.05) is 0 Å². The van der Waals surface area contributed by atoms with Gasteiger partial charge in [0.15, 0.2) is 0 Å². The van der Waals surface area contributed by atoms with Crippen LogP contribution in [0.25, 0.3) is 0 Å². The predicted molar refractivity (Wildman–Crippen MR) is 102 cm³/mol. The quantitative estimate of drug-likeness (QED) is 0.825. The van der Waals surface area contributed by atoms with Gasteiger partial charge in [-0.25, -0.2) is 0 Å². The SMILES string of the molecule is CC1CCCCN1CCC1CCN(CC2(C)CCNC2)CC1.Cl. The lowest BCUT2D eigenvalue weighted by Gasteiger charge is -2.38. The molecule has 2 unspecified atom stereocenters. The van der Waals surface area contributed by atoms with Gasteiger partial charge in [-0.05, 0) is 89.5 Å². The molecular weight excluding hydrogens is 306 g/mol. The third kappa shape index (κ3) is 5.59. The van der Waals surface area contributed by atoms with Crippen LogP contribution in [-0.4, -0.2) is 61.7 Å². The Morgan fingerprint density at radius 3 is 2.52 bits per heavy atom. The normalized spacial score (nSPS) is 34.4. The Morgan fingerprint density at radius 2 is 1.87 bits per heavy atom. The minimum absolute atomic E-state index is 0. The van der Waals surface area contributed by atoms with E-state index in [1.165, 1.54) is 90.8 Å². The molecule has 3 fully saturated rings. The van der Waals surface area contributed by atoms with E-state index in [0.29, 0.717) is 5.41 Å². The van der Waals surface area contributed by atoms with Crippen LogP contribution in [-0.2, 0) is 0 Å². The summed E-state index contributed by atoms with van der Waals surface area (Å²) >= 11 is 0. The third-order valence-corrected chi connectivity index (χ3v) is 6.53. The van der Waals surface area contributed by atoms with Crippen molar-refractivity contribution >= 4 is 12.4 Å². The first-order chi connectivity index (χ1) is 10.6. The lowest BCUT2D eigenvalue weighted by atomic mass is 9.87. The molecule has 3 nitrogen and oxygen atoms in total. The molecule has 0 radical (unpaired) electrons. The van der Waals surface area contributed by atoms with Crippen LogP contribution in [0.5, 0.6) is 0 Å². The van der Waals surface area contributed by atoms with Gasteiger partial charge < -0.3 is 15.1 Å². The molecule has 2 atom stereocenters. The molecule has 3 saturated heterocycles. The molecule has 0 bridgehead atoms. The average Bonchev–Trinajstić information content (AvgIpc) is 2.94. The van der Waals surface area contributed by atoms with Crippen molar-refractivity contribution in [2.24, 2.45) is 11.3 Å². The van der Waals surface area contributed by atoms with Crippen molar-refractivity contribution < 1.29 is 0 Å². The maximum Gasteiger partial charge on any atom is 0.00669 e. The van der Waals surface area contributed by atoms with Crippen LogP contribution < -0.4 is 5.32 Å². The number of nitrogens with one attached hydrogen (secondary N) is 1. The van der Waals surface area contributed by atoms with Crippen LogP contribution >= 0.6 is 12.4 Å². The minimum atomic E-state index is 0. The smallest absolute Gasteiger partial charge is 0.00669 e. The first-order valence-electron chi connectivity index (χ1n) is 9.82. The van der Waals surface area contributed by atoms with Crippen molar-refractivity contribution in [1.82, 2.24) is 15.1 Å². The summed E-state index contributed by atoms with van der Waals surface area (Å²) in [5.41, 5.74) is 0.538. The van der Waals surface area contributed by atoms with Crippen molar-refractivity contribution in [3.63, 3.8) is 0 Å². The first kappa shape index (κ1) is 19.5. The Hall–Kier alpha value is 0.170. The number of rotatable bonds is 5. The van der Waals surface area contributed by atoms with E-state index in [1.54, 1.807) is 0 Å². The Morgan fingerprint density at radius 1 is 1.09 bits per heavy atom. The van der Waals surface area contributed by atoms with Crippen molar-refractivity contribution in [2.75, 3.05) is 45.8 Å². The Balaban J connectivity index is 0.00000192. The Bertz CT molecular complexity index is 336. The average molecular weight is 344 g/mol. The molecule has 0 spiro atoms. The van der Waals surface area contributed by atoms with E-state index in [9.17, 15) is 0 Å². The molecular formula is C19H38ClN3. The molecule has 0 saturated carbocycles. The molecule has 0 amide bonds. The van der Waals surface area contributed by atoms with Crippen LogP contribution in [0.1, 0.15) is 58.8 Å². The van der Waals surface area contributed by atoms with Crippen molar-refractivity contribution in [2.45, 2.75) is 64.8 Å². The molecule has 23 heavy (non-hydrogen) atoms. The molecule has 0 aromatic carbocycles. The minimum Gasteiger partial charge on any atom is -0.316 e. The maximum absolute atomic E-state index is 3.54. The van der Waals surface area contributed by atoms with Crippen LogP contribution in [0.15, 0.2) is 0 Å². The fourth-order valence-electron chi connectivity index (χ4n) is 4.81. The molecule has 3 heterocycles. The predicted octanol–water partition coefficient (Wildman–Crippen LogP) is 3.38. The number of halogens is 1. The van der Waals surface area contributed by atoms with E-state index in [2.05, 4.69) is 29.0 Å². The molecule has 3 rings (SSSR count). The largest absolute Gasteiger partial charge is 0.316 e. The van der Waals surface area contributed by atoms with Crippen molar-refractivity contribution in [3.05, 3.63) is 0 Å². The number of nitrogens with zero attached hydrogens (tertiary/aromatic N) is 2.